The molecule has 0 aliphatic heterocycles. The van der Waals surface area contributed by atoms with E-state index in [-0.39, 0.29) is 0 Å². The summed E-state index contributed by atoms with van der Waals surface area (Å²) in [5.41, 5.74) is 0. The van der Waals surface area contributed by atoms with Crippen LogP contribution in [0.3, 0.4) is 0 Å². The second-order valence-electron chi connectivity index (χ2n) is 7.46. The van der Waals surface area contributed by atoms with Crippen molar-refractivity contribution in [2.75, 3.05) is 13.1 Å². The third-order valence-corrected chi connectivity index (χ3v) is 4.88. The lowest BCUT2D eigenvalue weighted by Crippen LogP contribution is -2.22. The molecule has 146 valence electrons. The van der Waals surface area contributed by atoms with Gasteiger partial charge in [-0.15, -0.1) is 5.92 Å². The van der Waals surface area contributed by atoms with Gasteiger partial charge in [0.05, 0.1) is 0 Å². The van der Waals surface area contributed by atoms with Crippen LogP contribution in [0, 0.1) is 23.7 Å². The molecule has 0 aromatic heterocycles. The van der Waals surface area contributed by atoms with Crippen molar-refractivity contribution in [1.82, 2.24) is 5.32 Å². The highest BCUT2D eigenvalue weighted by Gasteiger charge is 2.04. The average molecular weight is 348 g/mol. The summed E-state index contributed by atoms with van der Waals surface area (Å²) in [6.07, 6.45) is 20.7. The standard InChI is InChI=1S/C24H45N/c1-5-8-10-11-12-13-14-15-16-19-24(7-3)20-17-21-25-22-23(4)18-9-6-2/h15-16,23-25H,5-8,10-14,17,19-22H2,1-4H3/b16-15-. The highest BCUT2D eigenvalue weighted by molar-refractivity contribution is 5.02. The third kappa shape index (κ3) is 17.9. The molecule has 0 saturated heterocycles. The molecule has 0 spiro atoms. The lowest BCUT2D eigenvalue weighted by atomic mass is 9.96. The zero-order chi connectivity index (χ0) is 18.6. The summed E-state index contributed by atoms with van der Waals surface area (Å²) < 4.78 is 0. The Balaban J connectivity index is 3.57. The van der Waals surface area contributed by atoms with Gasteiger partial charge in [-0.25, -0.2) is 0 Å². The van der Waals surface area contributed by atoms with E-state index in [1.54, 1.807) is 0 Å². The maximum Gasteiger partial charge on any atom is 0.0299 e. The Kier molecular flexibility index (Phi) is 19.0. The minimum Gasteiger partial charge on any atom is -0.316 e. The molecule has 25 heavy (non-hydrogen) atoms. The van der Waals surface area contributed by atoms with Crippen LogP contribution in [0.25, 0.3) is 0 Å². The molecule has 0 fully saturated rings. The number of unbranched alkanes of at least 4 members (excludes halogenated alkanes) is 6. The molecule has 0 aliphatic rings. The monoisotopic (exact) mass is 347 g/mol. The minimum atomic E-state index is 0.479. The highest BCUT2D eigenvalue weighted by Crippen LogP contribution is 2.16. The summed E-state index contributed by atoms with van der Waals surface area (Å²) >= 11 is 0. The first-order valence-electron chi connectivity index (χ1n) is 11.1. The summed E-state index contributed by atoms with van der Waals surface area (Å²) in [6, 6.07) is 0. The molecule has 2 atom stereocenters. The van der Waals surface area contributed by atoms with E-state index in [9.17, 15) is 0 Å². The number of hydrogen-bond donors (Lipinski definition) is 1. The predicted octanol–water partition coefficient (Wildman–Crippen LogP) is 7.13. The Morgan fingerprint density at radius 3 is 2.40 bits per heavy atom. The van der Waals surface area contributed by atoms with E-state index in [1.807, 2.05) is 0 Å². The van der Waals surface area contributed by atoms with Crippen molar-refractivity contribution in [3.05, 3.63) is 12.2 Å². The topological polar surface area (TPSA) is 12.0 Å². The van der Waals surface area contributed by atoms with Gasteiger partial charge in [-0.2, -0.15) is 0 Å². The molecular weight excluding hydrogens is 302 g/mol. The molecule has 0 saturated carbocycles. The molecule has 1 heteroatoms. The Bertz CT molecular complexity index is 347. The number of nitrogens with one attached hydrogen (secondary N) is 1. The molecule has 0 aliphatic carbocycles. The van der Waals surface area contributed by atoms with E-state index in [0.29, 0.717) is 5.92 Å². The van der Waals surface area contributed by atoms with Crippen molar-refractivity contribution in [2.45, 2.75) is 105 Å². The van der Waals surface area contributed by atoms with E-state index >= 15 is 0 Å². The van der Waals surface area contributed by atoms with Crippen LogP contribution in [0.1, 0.15) is 105 Å². The SMILES string of the molecule is CCC#CC(C)CNCCCC(CC)C/C=C\CCCCCCCC. The fourth-order valence-electron chi connectivity index (χ4n) is 3.10. The second kappa shape index (κ2) is 19.6. The first-order valence-corrected chi connectivity index (χ1v) is 11.1. The Labute approximate surface area is 159 Å². The van der Waals surface area contributed by atoms with Crippen LogP contribution in [-0.4, -0.2) is 13.1 Å². The molecule has 2 unspecified atom stereocenters. The average Bonchev–Trinajstić information content (AvgIpc) is 2.63. The Hall–Kier alpha value is -0.740. The second-order valence-corrected chi connectivity index (χ2v) is 7.46. The van der Waals surface area contributed by atoms with Gasteiger partial charge in [-0.3, -0.25) is 0 Å². The van der Waals surface area contributed by atoms with Crippen molar-refractivity contribution in [2.24, 2.45) is 11.8 Å². The molecule has 1 nitrogen and oxygen atoms in total. The van der Waals surface area contributed by atoms with Crippen molar-refractivity contribution in [3.8, 4) is 11.8 Å². The van der Waals surface area contributed by atoms with Crippen LogP contribution in [0.15, 0.2) is 12.2 Å². The zero-order valence-corrected chi connectivity index (χ0v) is 17.7. The Morgan fingerprint density at radius 1 is 0.920 bits per heavy atom. The maximum atomic E-state index is 3.56. The largest absolute Gasteiger partial charge is 0.316 e. The van der Waals surface area contributed by atoms with Crippen molar-refractivity contribution < 1.29 is 0 Å². The lowest BCUT2D eigenvalue weighted by Gasteiger charge is -2.13. The van der Waals surface area contributed by atoms with E-state index in [2.05, 4.69) is 57.0 Å². The van der Waals surface area contributed by atoms with Crippen LogP contribution in [0.5, 0.6) is 0 Å². The first kappa shape index (κ1) is 24.3. The summed E-state index contributed by atoms with van der Waals surface area (Å²) in [5, 5.41) is 3.56. The van der Waals surface area contributed by atoms with E-state index in [1.165, 1.54) is 70.6 Å². The first-order chi connectivity index (χ1) is 12.2. The quantitative estimate of drug-likeness (QED) is 0.178. The van der Waals surface area contributed by atoms with Gasteiger partial charge in [0.1, 0.15) is 0 Å². The van der Waals surface area contributed by atoms with Gasteiger partial charge in [-0.05, 0) is 44.6 Å². The fraction of sp³-hybridized carbons (Fsp3) is 0.833. The van der Waals surface area contributed by atoms with Gasteiger partial charge >= 0.3 is 0 Å². The summed E-state index contributed by atoms with van der Waals surface area (Å²) in [6.45, 7) is 11.1. The summed E-state index contributed by atoms with van der Waals surface area (Å²) in [7, 11) is 0. The van der Waals surface area contributed by atoms with Crippen LogP contribution in [-0.2, 0) is 0 Å². The molecule has 1 N–H and O–H groups in total. The highest BCUT2D eigenvalue weighted by atomic mass is 14.8. The van der Waals surface area contributed by atoms with Crippen LogP contribution in [0.4, 0.5) is 0 Å². The molecule has 0 amide bonds. The molecule has 0 bridgehead atoms. The molecule has 0 aromatic carbocycles. The fourth-order valence-corrected chi connectivity index (χ4v) is 3.10. The van der Waals surface area contributed by atoms with Gasteiger partial charge in [0.25, 0.3) is 0 Å². The van der Waals surface area contributed by atoms with E-state index in [0.717, 1.165) is 25.4 Å². The minimum absolute atomic E-state index is 0.479. The normalized spacial score (nSPS) is 13.6. The van der Waals surface area contributed by atoms with Gasteiger partial charge in [0.2, 0.25) is 0 Å². The summed E-state index contributed by atoms with van der Waals surface area (Å²) in [4.78, 5) is 0. The van der Waals surface area contributed by atoms with Crippen molar-refractivity contribution in [1.29, 1.82) is 0 Å². The smallest absolute Gasteiger partial charge is 0.0299 e. The lowest BCUT2D eigenvalue weighted by molar-refractivity contribution is 0.445. The van der Waals surface area contributed by atoms with Gasteiger partial charge in [0.15, 0.2) is 0 Å². The molecule has 0 heterocycles. The van der Waals surface area contributed by atoms with E-state index < -0.39 is 0 Å². The van der Waals surface area contributed by atoms with Gasteiger partial charge in [0, 0.05) is 18.9 Å². The predicted molar refractivity (Wildman–Crippen MR) is 115 cm³/mol. The summed E-state index contributed by atoms with van der Waals surface area (Å²) in [5.74, 6) is 7.79. The molecule has 0 rings (SSSR count). The van der Waals surface area contributed by atoms with Crippen LogP contribution in [0.2, 0.25) is 0 Å². The molecular formula is C24H45N. The van der Waals surface area contributed by atoms with Crippen LogP contribution >= 0.6 is 0 Å². The third-order valence-electron chi connectivity index (χ3n) is 4.88. The Morgan fingerprint density at radius 2 is 1.68 bits per heavy atom. The number of allylic oxidation sites excluding steroid dienone is 2. The maximum absolute atomic E-state index is 3.56. The number of hydrogen-bond acceptors (Lipinski definition) is 1. The zero-order valence-electron chi connectivity index (χ0n) is 17.7. The van der Waals surface area contributed by atoms with Gasteiger partial charge in [-0.1, -0.05) is 84.3 Å². The number of rotatable bonds is 16. The van der Waals surface area contributed by atoms with Crippen molar-refractivity contribution in [3.63, 3.8) is 0 Å². The molecule has 0 aromatic rings. The van der Waals surface area contributed by atoms with Crippen LogP contribution < -0.4 is 5.32 Å². The molecule has 0 radical (unpaired) electrons. The van der Waals surface area contributed by atoms with Gasteiger partial charge < -0.3 is 5.32 Å². The van der Waals surface area contributed by atoms with Crippen molar-refractivity contribution >= 4 is 0 Å². The van der Waals surface area contributed by atoms with E-state index in [4.69, 9.17) is 0 Å².